The van der Waals surface area contributed by atoms with Gasteiger partial charge in [0.2, 0.25) is 0 Å². The van der Waals surface area contributed by atoms with Gasteiger partial charge in [-0.05, 0) is 24.3 Å². The number of hydrogen-bond acceptors (Lipinski definition) is 4. The van der Waals surface area contributed by atoms with Crippen molar-refractivity contribution in [3.63, 3.8) is 0 Å². The lowest BCUT2D eigenvalue weighted by molar-refractivity contribution is 0.0928. The molecule has 2 aromatic carbocycles. The molecular weight excluding hydrogens is 280 g/mol. The maximum absolute atomic E-state index is 11.9. The minimum atomic E-state index is -0.272. The fourth-order valence-corrected chi connectivity index (χ4v) is 1.95. The van der Waals surface area contributed by atoms with Crippen LogP contribution in [0.3, 0.4) is 0 Å². The fraction of sp³-hybridized carbons (Fsp3) is 0.125. The van der Waals surface area contributed by atoms with Gasteiger partial charge in [-0.1, -0.05) is 24.3 Å². The van der Waals surface area contributed by atoms with Crippen LogP contribution in [0.1, 0.15) is 20.7 Å². The van der Waals surface area contributed by atoms with Gasteiger partial charge in [0.15, 0.2) is 0 Å². The molecule has 114 valence electrons. The van der Waals surface area contributed by atoms with Gasteiger partial charge in [0.05, 0.1) is 11.1 Å². The third kappa shape index (κ3) is 3.76. The van der Waals surface area contributed by atoms with Crippen molar-refractivity contribution >= 4 is 23.2 Å². The Labute approximate surface area is 128 Å². The summed E-state index contributed by atoms with van der Waals surface area (Å²) >= 11 is 0. The molecule has 0 radical (unpaired) electrons. The zero-order valence-corrected chi connectivity index (χ0v) is 12.0. The van der Waals surface area contributed by atoms with Crippen LogP contribution >= 0.6 is 0 Å². The molecule has 0 aliphatic heterocycles. The number of carbonyl (C=O) groups excluding carboxylic acids is 2. The number of nitrogen functional groups attached to an aromatic ring is 2. The average Bonchev–Trinajstić information content (AvgIpc) is 2.52. The normalized spacial score (nSPS) is 10.0. The quantitative estimate of drug-likeness (QED) is 0.487. The van der Waals surface area contributed by atoms with E-state index in [-0.39, 0.29) is 11.8 Å². The van der Waals surface area contributed by atoms with E-state index in [1.165, 1.54) is 0 Å². The molecule has 0 saturated carbocycles. The van der Waals surface area contributed by atoms with Crippen molar-refractivity contribution in [2.24, 2.45) is 0 Å². The van der Waals surface area contributed by atoms with Gasteiger partial charge in [0, 0.05) is 24.5 Å². The minimum absolute atomic E-state index is 0.272. The van der Waals surface area contributed by atoms with Gasteiger partial charge in [-0.15, -0.1) is 0 Å². The molecule has 6 heteroatoms. The fourth-order valence-electron chi connectivity index (χ4n) is 1.95. The second-order valence-corrected chi connectivity index (χ2v) is 4.69. The first kappa shape index (κ1) is 15.4. The number of rotatable bonds is 5. The van der Waals surface area contributed by atoms with Gasteiger partial charge < -0.3 is 22.1 Å². The summed E-state index contributed by atoms with van der Waals surface area (Å²) in [5, 5.41) is 5.39. The van der Waals surface area contributed by atoms with Crippen LogP contribution in [0.25, 0.3) is 0 Å². The van der Waals surface area contributed by atoms with Crippen molar-refractivity contribution < 1.29 is 9.59 Å². The van der Waals surface area contributed by atoms with E-state index in [0.717, 1.165) is 0 Å². The van der Waals surface area contributed by atoms with Gasteiger partial charge in [-0.3, -0.25) is 9.59 Å². The Morgan fingerprint density at radius 3 is 1.45 bits per heavy atom. The lowest BCUT2D eigenvalue weighted by atomic mass is 10.1. The lowest BCUT2D eigenvalue weighted by Gasteiger charge is -2.09. The largest absolute Gasteiger partial charge is 0.398 e. The van der Waals surface area contributed by atoms with Crippen LogP contribution in [0.4, 0.5) is 11.4 Å². The molecule has 2 rings (SSSR count). The highest BCUT2D eigenvalue weighted by atomic mass is 16.2. The standard InChI is InChI=1S/C16H18N4O2/c17-13-7-3-1-5-11(13)15(21)19-9-10-20-16(22)12-6-2-4-8-14(12)18/h1-8H,9-10,17-18H2,(H,19,21)(H,20,22). The van der Waals surface area contributed by atoms with Gasteiger partial charge in [-0.2, -0.15) is 0 Å². The summed E-state index contributed by atoms with van der Waals surface area (Å²) in [4.78, 5) is 23.8. The SMILES string of the molecule is Nc1ccccc1C(=O)NCCNC(=O)c1ccccc1N. The summed E-state index contributed by atoms with van der Waals surface area (Å²) in [5.41, 5.74) is 13.1. The third-order valence-electron chi connectivity index (χ3n) is 3.11. The van der Waals surface area contributed by atoms with Crippen LogP contribution in [0.5, 0.6) is 0 Å². The Bertz CT molecular complexity index is 626. The Balaban J connectivity index is 1.80. The number of para-hydroxylation sites is 2. The van der Waals surface area contributed by atoms with E-state index < -0.39 is 0 Å². The topological polar surface area (TPSA) is 110 Å². The first-order valence-corrected chi connectivity index (χ1v) is 6.85. The Morgan fingerprint density at radius 2 is 1.09 bits per heavy atom. The van der Waals surface area contributed by atoms with E-state index in [1.54, 1.807) is 48.5 Å². The van der Waals surface area contributed by atoms with Crippen molar-refractivity contribution in [1.82, 2.24) is 10.6 Å². The maximum atomic E-state index is 11.9. The van der Waals surface area contributed by atoms with E-state index in [2.05, 4.69) is 10.6 Å². The number of anilines is 2. The smallest absolute Gasteiger partial charge is 0.253 e. The Morgan fingerprint density at radius 1 is 0.727 bits per heavy atom. The van der Waals surface area contributed by atoms with Crippen molar-refractivity contribution in [2.45, 2.75) is 0 Å². The van der Waals surface area contributed by atoms with E-state index in [0.29, 0.717) is 35.6 Å². The van der Waals surface area contributed by atoms with E-state index in [1.807, 2.05) is 0 Å². The molecule has 2 amide bonds. The molecule has 0 aromatic heterocycles. The summed E-state index contributed by atoms with van der Waals surface area (Å²) in [6, 6.07) is 13.6. The number of carbonyl (C=O) groups is 2. The van der Waals surface area contributed by atoms with Crippen LogP contribution < -0.4 is 22.1 Å². The summed E-state index contributed by atoms with van der Waals surface area (Å²) in [5.74, 6) is -0.543. The van der Waals surface area contributed by atoms with Crippen molar-refractivity contribution in [1.29, 1.82) is 0 Å². The van der Waals surface area contributed by atoms with Crippen molar-refractivity contribution in [3.8, 4) is 0 Å². The first-order valence-electron chi connectivity index (χ1n) is 6.85. The summed E-state index contributed by atoms with van der Waals surface area (Å²) in [6.07, 6.45) is 0. The molecule has 6 N–H and O–H groups in total. The summed E-state index contributed by atoms with van der Waals surface area (Å²) in [6.45, 7) is 0.595. The molecule has 0 unspecified atom stereocenters. The highest BCUT2D eigenvalue weighted by molar-refractivity contribution is 6.00. The number of hydrogen-bond donors (Lipinski definition) is 4. The van der Waals surface area contributed by atoms with Crippen molar-refractivity contribution in [3.05, 3.63) is 59.7 Å². The van der Waals surface area contributed by atoms with E-state index in [4.69, 9.17) is 11.5 Å². The van der Waals surface area contributed by atoms with E-state index >= 15 is 0 Å². The highest BCUT2D eigenvalue weighted by Crippen LogP contribution is 2.10. The van der Waals surface area contributed by atoms with Crippen LogP contribution in [-0.4, -0.2) is 24.9 Å². The molecule has 0 spiro atoms. The molecule has 0 heterocycles. The molecule has 0 atom stereocenters. The number of nitrogens with two attached hydrogens (primary N) is 2. The predicted molar refractivity (Wildman–Crippen MR) is 86.4 cm³/mol. The molecule has 6 nitrogen and oxygen atoms in total. The molecule has 0 aliphatic rings. The molecular formula is C16H18N4O2. The second kappa shape index (κ2) is 7.12. The van der Waals surface area contributed by atoms with E-state index in [9.17, 15) is 9.59 Å². The summed E-state index contributed by atoms with van der Waals surface area (Å²) in [7, 11) is 0. The molecule has 0 saturated heterocycles. The Kier molecular flexibility index (Phi) is 4.98. The molecule has 0 fully saturated rings. The van der Waals surface area contributed by atoms with Gasteiger partial charge >= 0.3 is 0 Å². The Hall–Kier alpha value is -3.02. The molecule has 22 heavy (non-hydrogen) atoms. The van der Waals surface area contributed by atoms with Crippen LogP contribution in [0.2, 0.25) is 0 Å². The highest BCUT2D eigenvalue weighted by Gasteiger charge is 2.10. The van der Waals surface area contributed by atoms with Gasteiger partial charge in [-0.25, -0.2) is 0 Å². The number of benzene rings is 2. The second-order valence-electron chi connectivity index (χ2n) is 4.69. The zero-order valence-electron chi connectivity index (χ0n) is 12.0. The maximum Gasteiger partial charge on any atom is 0.253 e. The molecule has 0 aliphatic carbocycles. The minimum Gasteiger partial charge on any atom is -0.398 e. The summed E-state index contributed by atoms with van der Waals surface area (Å²) < 4.78 is 0. The first-order chi connectivity index (χ1) is 10.6. The van der Waals surface area contributed by atoms with Gasteiger partial charge in [0.25, 0.3) is 11.8 Å². The monoisotopic (exact) mass is 298 g/mol. The zero-order chi connectivity index (χ0) is 15.9. The number of nitrogens with one attached hydrogen (secondary N) is 2. The third-order valence-corrected chi connectivity index (χ3v) is 3.11. The molecule has 2 aromatic rings. The molecule has 0 bridgehead atoms. The predicted octanol–water partition coefficient (Wildman–Crippen LogP) is 1.01. The van der Waals surface area contributed by atoms with Gasteiger partial charge in [0.1, 0.15) is 0 Å². The number of amides is 2. The van der Waals surface area contributed by atoms with Crippen LogP contribution in [0, 0.1) is 0 Å². The van der Waals surface area contributed by atoms with Crippen LogP contribution in [0.15, 0.2) is 48.5 Å². The lowest BCUT2D eigenvalue weighted by Crippen LogP contribution is -2.35. The van der Waals surface area contributed by atoms with Crippen molar-refractivity contribution in [2.75, 3.05) is 24.6 Å². The average molecular weight is 298 g/mol. The van der Waals surface area contributed by atoms with Crippen LogP contribution in [-0.2, 0) is 0 Å².